The molecule has 84 valence electrons. The van der Waals surface area contributed by atoms with Crippen LogP contribution < -0.4 is 0 Å². The molecule has 1 aliphatic rings. The van der Waals surface area contributed by atoms with Gasteiger partial charge in [0.15, 0.2) is 0 Å². The molecule has 1 heterocycles. The van der Waals surface area contributed by atoms with E-state index in [0.29, 0.717) is 0 Å². The SMILES string of the molecule is C[C@H]1C[C@H](CI)N(C(C)(C)C)S1(=O)=O. The standard InChI is InChI=1S/C9H18INO2S/c1-7-5-8(6-10)11(9(2,3)4)14(7,12)13/h7-8H,5-6H2,1-4H3/t7-,8+/m0/s1. The zero-order chi connectivity index (χ0) is 11.1. The van der Waals surface area contributed by atoms with Gasteiger partial charge in [0.05, 0.1) is 5.25 Å². The number of rotatable bonds is 1. The lowest BCUT2D eigenvalue weighted by Crippen LogP contribution is -2.48. The highest BCUT2D eigenvalue weighted by Gasteiger charge is 2.47. The summed E-state index contributed by atoms with van der Waals surface area (Å²) in [5.74, 6) is 0. The number of alkyl halides is 1. The molecule has 0 N–H and O–H groups in total. The van der Waals surface area contributed by atoms with E-state index in [0.717, 1.165) is 10.8 Å². The molecule has 1 aliphatic heterocycles. The van der Waals surface area contributed by atoms with Gasteiger partial charge < -0.3 is 0 Å². The van der Waals surface area contributed by atoms with Crippen molar-refractivity contribution in [1.82, 2.24) is 4.31 Å². The Balaban J connectivity index is 3.11. The second-order valence-corrected chi connectivity index (χ2v) is 7.97. The largest absolute Gasteiger partial charge is 0.217 e. The summed E-state index contributed by atoms with van der Waals surface area (Å²) >= 11 is 2.27. The van der Waals surface area contributed by atoms with Gasteiger partial charge >= 0.3 is 0 Å². The van der Waals surface area contributed by atoms with Gasteiger partial charge in [0.25, 0.3) is 0 Å². The molecule has 1 saturated heterocycles. The average Bonchev–Trinajstić information content (AvgIpc) is 2.21. The van der Waals surface area contributed by atoms with Crippen LogP contribution in [0.3, 0.4) is 0 Å². The molecule has 1 rings (SSSR count). The summed E-state index contributed by atoms with van der Waals surface area (Å²) in [7, 11) is -3.06. The third kappa shape index (κ3) is 2.09. The van der Waals surface area contributed by atoms with Gasteiger partial charge in [0, 0.05) is 16.0 Å². The lowest BCUT2D eigenvalue weighted by atomic mass is 10.1. The summed E-state index contributed by atoms with van der Waals surface area (Å²) in [4.78, 5) is 0. The van der Waals surface area contributed by atoms with Gasteiger partial charge in [0.1, 0.15) is 0 Å². The Labute approximate surface area is 100 Å². The van der Waals surface area contributed by atoms with Gasteiger partial charge in [-0.15, -0.1) is 0 Å². The predicted molar refractivity (Wildman–Crippen MR) is 67.3 cm³/mol. The maximum Gasteiger partial charge on any atom is 0.217 e. The highest BCUT2D eigenvalue weighted by molar-refractivity contribution is 14.1. The molecule has 0 radical (unpaired) electrons. The van der Waals surface area contributed by atoms with Crippen LogP contribution >= 0.6 is 22.6 Å². The lowest BCUT2D eigenvalue weighted by Gasteiger charge is -2.34. The van der Waals surface area contributed by atoms with Gasteiger partial charge in [-0.25, -0.2) is 8.42 Å². The lowest BCUT2D eigenvalue weighted by molar-refractivity contribution is 0.219. The smallest absolute Gasteiger partial charge is 0.212 e. The maximum atomic E-state index is 12.0. The zero-order valence-electron chi connectivity index (χ0n) is 9.12. The molecule has 1 fully saturated rings. The quantitative estimate of drug-likeness (QED) is 0.545. The Kier molecular flexibility index (Phi) is 3.54. The van der Waals surface area contributed by atoms with Crippen molar-refractivity contribution in [2.24, 2.45) is 0 Å². The molecule has 0 bridgehead atoms. The Morgan fingerprint density at radius 1 is 1.43 bits per heavy atom. The molecular weight excluding hydrogens is 313 g/mol. The Morgan fingerprint density at radius 2 is 1.93 bits per heavy atom. The van der Waals surface area contributed by atoms with Crippen LogP contribution in [0.25, 0.3) is 0 Å². The summed E-state index contributed by atoms with van der Waals surface area (Å²) in [6, 6.07) is 0.176. The van der Waals surface area contributed by atoms with Crippen molar-refractivity contribution in [2.45, 2.75) is 50.9 Å². The van der Waals surface area contributed by atoms with E-state index in [9.17, 15) is 8.42 Å². The minimum atomic E-state index is -3.06. The molecule has 5 heteroatoms. The van der Waals surface area contributed by atoms with Crippen molar-refractivity contribution in [3.05, 3.63) is 0 Å². The van der Waals surface area contributed by atoms with E-state index in [2.05, 4.69) is 22.6 Å². The summed E-state index contributed by atoms with van der Waals surface area (Å²) in [6.07, 6.45) is 0.766. The Bertz CT molecular complexity index is 307. The normalized spacial score (nSPS) is 33.5. The topological polar surface area (TPSA) is 37.4 Å². The van der Waals surface area contributed by atoms with Crippen molar-refractivity contribution >= 4 is 32.6 Å². The van der Waals surface area contributed by atoms with Gasteiger partial charge in [-0.1, -0.05) is 22.6 Å². The molecule has 3 nitrogen and oxygen atoms in total. The zero-order valence-corrected chi connectivity index (χ0v) is 12.1. The fourth-order valence-electron chi connectivity index (χ4n) is 2.06. The molecular formula is C9H18INO2S. The van der Waals surface area contributed by atoms with Crippen LogP contribution in [-0.2, 0) is 10.0 Å². The van der Waals surface area contributed by atoms with Crippen LogP contribution in [0.5, 0.6) is 0 Å². The molecule has 0 amide bonds. The first-order chi connectivity index (χ1) is 6.21. The van der Waals surface area contributed by atoms with Crippen LogP contribution in [-0.4, -0.2) is 34.0 Å². The average molecular weight is 331 g/mol. The highest BCUT2D eigenvalue weighted by Crippen LogP contribution is 2.35. The second kappa shape index (κ2) is 3.90. The van der Waals surface area contributed by atoms with Crippen LogP contribution in [0, 0.1) is 0 Å². The third-order valence-corrected chi connectivity index (χ3v) is 6.18. The van der Waals surface area contributed by atoms with Crippen LogP contribution in [0.4, 0.5) is 0 Å². The molecule has 0 aromatic rings. The van der Waals surface area contributed by atoms with Gasteiger partial charge in [0.2, 0.25) is 10.0 Å². The Morgan fingerprint density at radius 3 is 2.21 bits per heavy atom. The molecule has 14 heavy (non-hydrogen) atoms. The minimum absolute atomic E-state index is 0.176. The molecule has 0 unspecified atom stereocenters. The number of nitrogens with zero attached hydrogens (tertiary/aromatic N) is 1. The van der Waals surface area contributed by atoms with Crippen molar-refractivity contribution in [3.8, 4) is 0 Å². The van der Waals surface area contributed by atoms with Crippen molar-refractivity contribution < 1.29 is 8.42 Å². The predicted octanol–water partition coefficient (Wildman–Crippen LogP) is 2.01. The van der Waals surface area contributed by atoms with Gasteiger partial charge in [-0.3, -0.25) is 0 Å². The summed E-state index contributed by atoms with van der Waals surface area (Å²) < 4.78 is 26.6. The van der Waals surface area contributed by atoms with E-state index in [1.54, 1.807) is 11.2 Å². The minimum Gasteiger partial charge on any atom is -0.212 e. The van der Waals surface area contributed by atoms with Gasteiger partial charge in [-0.2, -0.15) is 4.31 Å². The molecule has 0 saturated carbocycles. The Hall–Kier alpha value is 0.640. The number of sulfonamides is 1. The van der Waals surface area contributed by atoms with Gasteiger partial charge in [-0.05, 0) is 34.1 Å². The monoisotopic (exact) mass is 331 g/mol. The second-order valence-electron chi connectivity index (χ2n) is 4.87. The number of halogens is 1. The summed E-state index contributed by atoms with van der Waals surface area (Å²) in [6.45, 7) is 7.69. The van der Waals surface area contributed by atoms with E-state index in [4.69, 9.17) is 0 Å². The van der Waals surface area contributed by atoms with Crippen molar-refractivity contribution in [1.29, 1.82) is 0 Å². The van der Waals surface area contributed by atoms with E-state index in [1.165, 1.54) is 0 Å². The third-order valence-electron chi connectivity index (χ3n) is 2.56. The van der Waals surface area contributed by atoms with E-state index in [-0.39, 0.29) is 16.8 Å². The first kappa shape index (κ1) is 12.7. The molecule has 0 aliphatic carbocycles. The van der Waals surface area contributed by atoms with E-state index in [1.807, 2.05) is 20.8 Å². The highest BCUT2D eigenvalue weighted by atomic mass is 127. The van der Waals surface area contributed by atoms with Crippen molar-refractivity contribution in [3.63, 3.8) is 0 Å². The van der Waals surface area contributed by atoms with Crippen LogP contribution in [0.1, 0.15) is 34.1 Å². The van der Waals surface area contributed by atoms with Crippen LogP contribution in [0.2, 0.25) is 0 Å². The first-order valence-corrected chi connectivity index (χ1v) is 7.83. The maximum absolute atomic E-state index is 12.0. The fraction of sp³-hybridized carbons (Fsp3) is 1.00. The summed E-state index contributed by atoms with van der Waals surface area (Å²) in [5.41, 5.74) is -0.292. The van der Waals surface area contributed by atoms with Crippen molar-refractivity contribution in [2.75, 3.05) is 4.43 Å². The van der Waals surface area contributed by atoms with E-state index < -0.39 is 10.0 Å². The number of hydrogen-bond donors (Lipinski definition) is 0. The van der Waals surface area contributed by atoms with Crippen LogP contribution in [0.15, 0.2) is 0 Å². The molecule has 0 aromatic heterocycles. The summed E-state index contributed by atoms with van der Waals surface area (Å²) in [5, 5.41) is -0.221. The molecule has 0 spiro atoms. The molecule has 0 aromatic carbocycles. The number of hydrogen-bond acceptors (Lipinski definition) is 2. The van der Waals surface area contributed by atoms with E-state index >= 15 is 0 Å². The molecule has 2 atom stereocenters. The first-order valence-electron chi connectivity index (χ1n) is 4.80. The fourth-order valence-corrected chi connectivity index (χ4v) is 5.27.